The number of ether oxygens (including phenoxy) is 3. The summed E-state index contributed by atoms with van der Waals surface area (Å²) in [4.78, 5) is 50.0. The third kappa shape index (κ3) is 6.28. The van der Waals surface area contributed by atoms with Crippen molar-refractivity contribution in [1.29, 1.82) is 0 Å². The van der Waals surface area contributed by atoms with Gasteiger partial charge in [0.15, 0.2) is 6.61 Å². The number of anilines is 1. The van der Waals surface area contributed by atoms with Crippen molar-refractivity contribution in [3.8, 4) is 0 Å². The van der Waals surface area contributed by atoms with Gasteiger partial charge in [-0.2, -0.15) is 0 Å². The highest BCUT2D eigenvalue weighted by molar-refractivity contribution is 6.18. The minimum absolute atomic E-state index is 0.152. The summed E-state index contributed by atoms with van der Waals surface area (Å²) < 4.78 is 29.6. The smallest absolute Gasteiger partial charge is 0.339 e. The van der Waals surface area contributed by atoms with E-state index < -0.39 is 23.9 Å². The van der Waals surface area contributed by atoms with Gasteiger partial charge in [-0.05, 0) is 23.8 Å². The molecule has 178 valence electrons. The standard InChI is InChI=1S/C22H26FN3O7/c1-14(27)24-11-16-10-17(22(30)33-16)15-3-4-19(18(23)9-15)25-5-7-26(8-6-25)20(28)12-32-21(29)13-31-2/h3-4,9-10,16H,5-8,11-13H2,1-2H3,(H,24,27)/t16-/m1/s1. The Hall–Kier alpha value is -3.47. The number of halogens is 1. The fourth-order valence-corrected chi connectivity index (χ4v) is 3.57. The molecule has 2 heterocycles. The van der Waals surface area contributed by atoms with Crippen LogP contribution in [0.4, 0.5) is 10.1 Å². The fraction of sp³-hybridized carbons (Fsp3) is 0.455. The zero-order chi connectivity index (χ0) is 24.0. The monoisotopic (exact) mass is 463 g/mol. The number of nitrogens with one attached hydrogen (secondary N) is 1. The van der Waals surface area contributed by atoms with Crippen molar-refractivity contribution in [2.75, 3.05) is 57.9 Å². The number of cyclic esters (lactones) is 1. The molecule has 1 fully saturated rings. The Morgan fingerprint density at radius 1 is 1.18 bits per heavy atom. The van der Waals surface area contributed by atoms with Gasteiger partial charge in [0.25, 0.3) is 5.91 Å². The highest BCUT2D eigenvalue weighted by atomic mass is 19.1. The summed E-state index contributed by atoms with van der Waals surface area (Å²) >= 11 is 0. The molecule has 1 atom stereocenters. The molecule has 1 aromatic carbocycles. The Morgan fingerprint density at radius 3 is 2.55 bits per heavy atom. The van der Waals surface area contributed by atoms with E-state index in [-0.39, 0.29) is 37.1 Å². The van der Waals surface area contributed by atoms with Gasteiger partial charge < -0.3 is 29.3 Å². The van der Waals surface area contributed by atoms with Crippen molar-refractivity contribution in [2.45, 2.75) is 13.0 Å². The Bertz CT molecular complexity index is 957. The largest absolute Gasteiger partial charge is 0.454 e. The van der Waals surface area contributed by atoms with E-state index in [1.54, 1.807) is 28.0 Å². The molecule has 0 spiro atoms. The van der Waals surface area contributed by atoms with Gasteiger partial charge in [0.2, 0.25) is 5.91 Å². The van der Waals surface area contributed by atoms with Crippen LogP contribution in [0, 0.1) is 5.82 Å². The summed E-state index contributed by atoms with van der Waals surface area (Å²) in [5.74, 6) is -2.25. The maximum absolute atomic E-state index is 14.9. The van der Waals surface area contributed by atoms with Gasteiger partial charge in [-0.15, -0.1) is 0 Å². The topological polar surface area (TPSA) is 114 Å². The number of nitrogens with zero attached hydrogens (tertiary/aromatic N) is 2. The minimum Gasteiger partial charge on any atom is -0.454 e. The van der Waals surface area contributed by atoms with Gasteiger partial charge in [-0.25, -0.2) is 14.0 Å². The maximum atomic E-state index is 14.9. The second kappa shape index (κ2) is 10.9. The summed E-state index contributed by atoms with van der Waals surface area (Å²) in [5, 5.41) is 2.57. The molecular formula is C22H26FN3O7. The zero-order valence-electron chi connectivity index (χ0n) is 18.5. The first-order valence-corrected chi connectivity index (χ1v) is 10.4. The molecule has 0 unspecified atom stereocenters. The lowest BCUT2D eigenvalue weighted by molar-refractivity contribution is -0.155. The number of esters is 2. The molecule has 33 heavy (non-hydrogen) atoms. The molecule has 1 N–H and O–H groups in total. The molecule has 0 saturated carbocycles. The van der Waals surface area contributed by atoms with E-state index in [0.29, 0.717) is 37.4 Å². The van der Waals surface area contributed by atoms with Crippen LogP contribution in [-0.2, 0) is 33.4 Å². The molecule has 3 rings (SSSR count). The van der Waals surface area contributed by atoms with E-state index in [1.807, 2.05) is 0 Å². The predicted molar refractivity (Wildman–Crippen MR) is 115 cm³/mol. The van der Waals surface area contributed by atoms with Crippen molar-refractivity contribution < 1.29 is 37.8 Å². The van der Waals surface area contributed by atoms with Crippen molar-refractivity contribution in [2.24, 2.45) is 0 Å². The second-order valence-corrected chi connectivity index (χ2v) is 7.59. The van der Waals surface area contributed by atoms with E-state index in [1.165, 1.54) is 20.1 Å². The van der Waals surface area contributed by atoms with Crippen LogP contribution in [0.1, 0.15) is 12.5 Å². The number of amides is 2. The van der Waals surface area contributed by atoms with Crippen molar-refractivity contribution >= 4 is 35.0 Å². The molecule has 1 aromatic rings. The molecule has 11 heteroatoms. The van der Waals surface area contributed by atoms with Crippen LogP contribution >= 0.6 is 0 Å². The lowest BCUT2D eigenvalue weighted by Crippen LogP contribution is -2.50. The van der Waals surface area contributed by atoms with Crippen LogP contribution in [0.3, 0.4) is 0 Å². The third-order valence-electron chi connectivity index (χ3n) is 5.23. The fourth-order valence-electron chi connectivity index (χ4n) is 3.57. The Kier molecular flexibility index (Phi) is 7.99. The molecule has 2 amide bonds. The molecular weight excluding hydrogens is 437 g/mol. The quantitative estimate of drug-likeness (QED) is 0.541. The average Bonchev–Trinajstić information content (AvgIpc) is 3.17. The van der Waals surface area contributed by atoms with Gasteiger partial charge in [-0.3, -0.25) is 9.59 Å². The van der Waals surface area contributed by atoms with E-state index in [2.05, 4.69) is 10.1 Å². The first-order chi connectivity index (χ1) is 15.8. The average molecular weight is 463 g/mol. The van der Waals surface area contributed by atoms with Crippen molar-refractivity contribution in [3.05, 3.63) is 35.7 Å². The van der Waals surface area contributed by atoms with Crippen LogP contribution in [0.15, 0.2) is 24.3 Å². The molecule has 1 saturated heterocycles. The van der Waals surface area contributed by atoms with Crippen LogP contribution in [0.2, 0.25) is 0 Å². The normalized spacial score (nSPS) is 18.0. The predicted octanol–water partition coefficient (Wildman–Crippen LogP) is 0.109. The minimum atomic E-state index is -0.616. The highest BCUT2D eigenvalue weighted by Gasteiger charge is 2.28. The van der Waals surface area contributed by atoms with E-state index in [0.717, 1.165) is 0 Å². The second-order valence-electron chi connectivity index (χ2n) is 7.59. The van der Waals surface area contributed by atoms with Crippen molar-refractivity contribution in [1.82, 2.24) is 10.2 Å². The number of rotatable bonds is 8. The first kappa shape index (κ1) is 24.2. The molecule has 10 nitrogen and oxygen atoms in total. The number of methoxy groups -OCH3 is 1. The summed E-state index contributed by atoms with van der Waals surface area (Å²) in [7, 11) is 1.36. The summed E-state index contributed by atoms with van der Waals surface area (Å²) in [6.45, 7) is 2.44. The molecule has 0 aliphatic carbocycles. The van der Waals surface area contributed by atoms with Gasteiger partial charge >= 0.3 is 11.9 Å². The molecule has 0 aromatic heterocycles. The van der Waals surface area contributed by atoms with E-state index in [4.69, 9.17) is 9.47 Å². The lowest BCUT2D eigenvalue weighted by Gasteiger charge is -2.36. The Morgan fingerprint density at radius 2 is 1.91 bits per heavy atom. The van der Waals surface area contributed by atoms with Gasteiger partial charge in [0.1, 0.15) is 18.5 Å². The number of hydrogen-bond donors (Lipinski definition) is 1. The lowest BCUT2D eigenvalue weighted by atomic mass is 10.0. The van der Waals surface area contributed by atoms with Crippen LogP contribution < -0.4 is 10.2 Å². The van der Waals surface area contributed by atoms with Crippen LogP contribution in [0.25, 0.3) is 5.57 Å². The SMILES string of the molecule is COCC(=O)OCC(=O)N1CCN(c2ccc(C3=C[C@H](CNC(C)=O)OC3=O)cc2F)CC1. The number of hydrogen-bond acceptors (Lipinski definition) is 8. The summed E-state index contributed by atoms with van der Waals surface area (Å²) in [5.41, 5.74) is 0.992. The molecule has 0 bridgehead atoms. The molecule has 0 radical (unpaired) electrons. The van der Waals surface area contributed by atoms with E-state index in [9.17, 15) is 23.6 Å². The number of piperazine rings is 1. The molecule has 2 aliphatic rings. The third-order valence-corrected chi connectivity index (χ3v) is 5.23. The number of carbonyl (C=O) groups is 4. The van der Waals surface area contributed by atoms with Crippen molar-refractivity contribution in [3.63, 3.8) is 0 Å². The van der Waals surface area contributed by atoms with Gasteiger partial charge in [0, 0.05) is 40.2 Å². The highest BCUT2D eigenvalue weighted by Crippen LogP contribution is 2.29. The number of benzene rings is 1. The van der Waals surface area contributed by atoms with Crippen LogP contribution in [-0.4, -0.2) is 87.8 Å². The summed E-state index contributed by atoms with van der Waals surface area (Å²) in [6.07, 6.45) is 0.967. The van der Waals surface area contributed by atoms with Crippen LogP contribution in [0.5, 0.6) is 0 Å². The summed E-state index contributed by atoms with van der Waals surface area (Å²) in [6, 6.07) is 4.50. The van der Waals surface area contributed by atoms with Gasteiger partial charge in [-0.1, -0.05) is 6.07 Å². The first-order valence-electron chi connectivity index (χ1n) is 10.4. The van der Waals surface area contributed by atoms with E-state index >= 15 is 0 Å². The Labute approximate surface area is 190 Å². The maximum Gasteiger partial charge on any atom is 0.339 e. The Balaban J connectivity index is 1.57. The zero-order valence-corrected chi connectivity index (χ0v) is 18.5. The number of carbonyl (C=O) groups excluding carboxylic acids is 4. The van der Waals surface area contributed by atoms with Gasteiger partial charge in [0.05, 0.1) is 17.8 Å². The molecule has 2 aliphatic heterocycles.